The third-order valence-corrected chi connectivity index (χ3v) is 9.21. The number of benzene rings is 1. The molecule has 170 valence electrons. The van der Waals surface area contributed by atoms with Gasteiger partial charge in [-0.05, 0) is 42.6 Å². The Morgan fingerprint density at radius 2 is 1.94 bits per heavy atom. The first-order valence-corrected chi connectivity index (χ1v) is 11.3. The molecule has 0 saturated heterocycles. The zero-order chi connectivity index (χ0) is 22.5. The van der Waals surface area contributed by atoms with Crippen LogP contribution in [0.5, 0.6) is 11.5 Å². The lowest BCUT2D eigenvalue weighted by Crippen LogP contribution is -2.69. The van der Waals surface area contributed by atoms with E-state index in [-0.39, 0.29) is 23.5 Å². The minimum atomic E-state index is -0.847. The van der Waals surface area contributed by atoms with Crippen LogP contribution < -0.4 is 10.1 Å². The highest BCUT2D eigenvalue weighted by Gasteiger charge is 2.69. The van der Waals surface area contributed by atoms with E-state index in [0.29, 0.717) is 35.3 Å². The van der Waals surface area contributed by atoms with Crippen molar-refractivity contribution >= 4 is 5.91 Å². The second kappa shape index (κ2) is 6.36. The molecule has 2 aliphatic carbocycles. The van der Waals surface area contributed by atoms with Gasteiger partial charge in [0.25, 0.3) is 5.91 Å². The van der Waals surface area contributed by atoms with Crippen LogP contribution in [0.15, 0.2) is 6.07 Å². The molecule has 2 saturated carbocycles. The van der Waals surface area contributed by atoms with Crippen molar-refractivity contribution in [3.8, 4) is 11.5 Å². The molecule has 1 spiro atoms. The van der Waals surface area contributed by atoms with Gasteiger partial charge in [0.15, 0.2) is 6.23 Å². The van der Waals surface area contributed by atoms with Gasteiger partial charge in [0.2, 0.25) is 0 Å². The van der Waals surface area contributed by atoms with Crippen LogP contribution >= 0.6 is 0 Å². The van der Waals surface area contributed by atoms with E-state index in [4.69, 9.17) is 9.47 Å². The Hall–Kier alpha value is -1.83. The number of nitrogens with one attached hydrogen (secondary N) is 1. The molecule has 2 aliphatic heterocycles. The highest BCUT2D eigenvalue weighted by atomic mass is 16.5. The Labute approximate surface area is 182 Å². The molecule has 7 atom stereocenters. The van der Waals surface area contributed by atoms with E-state index in [1.807, 2.05) is 13.8 Å². The fourth-order valence-corrected chi connectivity index (χ4v) is 7.54. The van der Waals surface area contributed by atoms with Gasteiger partial charge in [-0.25, -0.2) is 0 Å². The van der Waals surface area contributed by atoms with Gasteiger partial charge in [-0.1, -0.05) is 27.7 Å². The molecule has 0 radical (unpaired) electrons. The maximum Gasteiger partial charge on any atom is 0.254 e. The Bertz CT molecular complexity index is 960. The van der Waals surface area contributed by atoms with Crippen molar-refractivity contribution in [3.05, 3.63) is 22.8 Å². The van der Waals surface area contributed by atoms with Crippen molar-refractivity contribution < 1.29 is 29.6 Å². The van der Waals surface area contributed by atoms with Crippen LogP contribution in [0, 0.1) is 22.7 Å². The van der Waals surface area contributed by atoms with Gasteiger partial charge in [-0.3, -0.25) is 4.79 Å². The molecular weight excluding hydrogens is 398 g/mol. The number of hydrogen-bond acceptors (Lipinski definition) is 6. The molecule has 2 fully saturated rings. The summed E-state index contributed by atoms with van der Waals surface area (Å²) in [5.74, 6) is 0.610. The largest absolute Gasteiger partial charge is 0.508 e. The summed E-state index contributed by atoms with van der Waals surface area (Å²) in [6.45, 7) is 8.41. The van der Waals surface area contributed by atoms with Gasteiger partial charge in [0.05, 0.1) is 23.3 Å². The molecule has 1 aromatic carbocycles. The molecule has 5 rings (SSSR count). The SMILES string of the molecule is COC1NC(=O)c2cc(O)c3c(c21)O[C@]1(C3)[C@H](C)CC[C@H]2C(C)(C)[C@H](O)[C@H](O)C[C@@]21C. The van der Waals surface area contributed by atoms with E-state index in [1.54, 1.807) is 0 Å². The molecule has 1 amide bonds. The summed E-state index contributed by atoms with van der Waals surface area (Å²) in [7, 11) is 1.53. The summed E-state index contributed by atoms with van der Waals surface area (Å²) in [6, 6.07) is 1.52. The quantitative estimate of drug-likeness (QED) is 0.545. The van der Waals surface area contributed by atoms with Crippen molar-refractivity contribution in [3.63, 3.8) is 0 Å². The Balaban J connectivity index is 1.68. The lowest BCUT2D eigenvalue weighted by atomic mass is 9.43. The highest BCUT2D eigenvalue weighted by Crippen LogP contribution is 2.67. The maximum absolute atomic E-state index is 12.5. The van der Waals surface area contributed by atoms with E-state index in [1.165, 1.54) is 13.2 Å². The third-order valence-electron chi connectivity index (χ3n) is 9.21. The van der Waals surface area contributed by atoms with Crippen molar-refractivity contribution in [2.45, 2.75) is 77.4 Å². The minimum Gasteiger partial charge on any atom is -0.508 e. The van der Waals surface area contributed by atoms with E-state index in [0.717, 1.165) is 12.8 Å². The standard InChI is InChI=1S/C24H33NO6/c1-11-6-7-16-22(2,3)19(28)15(27)10-23(16,4)24(11)9-13-14(26)8-12-17(18(13)31-24)21(30-5)25-20(12)29/h8,11,15-16,19,21,26-28H,6-7,9-10H2,1-5H3,(H,25,29)/t11-,15-,16+,19-,21?,23+,24-/m1/s1. The maximum atomic E-state index is 12.5. The van der Waals surface area contributed by atoms with E-state index in [9.17, 15) is 20.1 Å². The number of aliphatic hydroxyl groups is 2. The molecule has 4 N–H and O–H groups in total. The first-order chi connectivity index (χ1) is 14.5. The van der Waals surface area contributed by atoms with Crippen molar-refractivity contribution in [1.82, 2.24) is 5.32 Å². The van der Waals surface area contributed by atoms with Crippen LogP contribution in [0.1, 0.15) is 74.7 Å². The van der Waals surface area contributed by atoms with Gasteiger partial charge in [-0.15, -0.1) is 0 Å². The fraction of sp³-hybridized carbons (Fsp3) is 0.708. The molecule has 7 nitrogen and oxygen atoms in total. The van der Waals surface area contributed by atoms with E-state index in [2.05, 4.69) is 19.2 Å². The summed E-state index contributed by atoms with van der Waals surface area (Å²) >= 11 is 0. The molecule has 0 bridgehead atoms. The summed E-state index contributed by atoms with van der Waals surface area (Å²) in [5, 5.41) is 35.3. The van der Waals surface area contributed by atoms with Crippen LogP contribution in [-0.2, 0) is 11.2 Å². The lowest BCUT2D eigenvalue weighted by Gasteiger charge is -2.64. The summed E-state index contributed by atoms with van der Waals surface area (Å²) in [5.41, 5.74) is 0.158. The van der Waals surface area contributed by atoms with Crippen LogP contribution in [0.3, 0.4) is 0 Å². The number of carbonyl (C=O) groups excluding carboxylic acids is 1. The lowest BCUT2D eigenvalue weighted by molar-refractivity contribution is -0.240. The first-order valence-electron chi connectivity index (χ1n) is 11.3. The second-order valence-corrected chi connectivity index (χ2v) is 10.9. The third kappa shape index (κ3) is 2.43. The molecule has 31 heavy (non-hydrogen) atoms. The van der Waals surface area contributed by atoms with Gasteiger partial charge >= 0.3 is 0 Å². The average Bonchev–Trinajstić information content (AvgIpc) is 3.25. The normalized spacial score (nSPS) is 42.5. The smallest absolute Gasteiger partial charge is 0.254 e. The van der Waals surface area contributed by atoms with Crippen LogP contribution in [0.2, 0.25) is 0 Å². The number of aliphatic hydroxyl groups excluding tert-OH is 2. The molecule has 4 aliphatic rings. The fourth-order valence-electron chi connectivity index (χ4n) is 7.54. The van der Waals surface area contributed by atoms with Gasteiger partial charge in [-0.2, -0.15) is 0 Å². The van der Waals surface area contributed by atoms with Crippen molar-refractivity contribution in [1.29, 1.82) is 0 Å². The van der Waals surface area contributed by atoms with Crippen LogP contribution in [0.4, 0.5) is 0 Å². The predicted octanol–water partition coefficient (Wildman–Crippen LogP) is 2.66. The minimum absolute atomic E-state index is 0.0612. The van der Waals surface area contributed by atoms with E-state index >= 15 is 0 Å². The summed E-state index contributed by atoms with van der Waals surface area (Å²) in [6.07, 6.45) is 0.532. The number of hydrogen-bond donors (Lipinski definition) is 4. The zero-order valence-electron chi connectivity index (χ0n) is 18.9. The number of carbonyl (C=O) groups is 1. The van der Waals surface area contributed by atoms with Crippen molar-refractivity contribution in [2.75, 3.05) is 7.11 Å². The van der Waals surface area contributed by atoms with Crippen LogP contribution in [0.25, 0.3) is 0 Å². The molecule has 1 unspecified atom stereocenters. The topological polar surface area (TPSA) is 108 Å². The highest BCUT2D eigenvalue weighted by molar-refractivity contribution is 6.00. The molecule has 2 heterocycles. The monoisotopic (exact) mass is 431 g/mol. The average molecular weight is 432 g/mol. The molecule has 1 aromatic rings. The number of fused-ring (bicyclic) bond motifs is 5. The number of methoxy groups -OCH3 is 1. The zero-order valence-corrected chi connectivity index (χ0v) is 18.9. The first kappa shape index (κ1) is 21.0. The van der Waals surface area contributed by atoms with Crippen molar-refractivity contribution in [2.24, 2.45) is 22.7 Å². The summed E-state index contributed by atoms with van der Waals surface area (Å²) in [4.78, 5) is 12.5. The van der Waals surface area contributed by atoms with E-state index < -0.39 is 34.9 Å². The summed E-state index contributed by atoms with van der Waals surface area (Å²) < 4.78 is 12.4. The molecular formula is C24H33NO6. The Morgan fingerprint density at radius 3 is 2.61 bits per heavy atom. The number of amides is 1. The van der Waals surface area contributed by atoms with Crippen LogP contribution in [-0.4, -0.2) is 46.1 Å². The number of ether oxygens (including phenoxy) is 2. The second-order valence-electron chi connectivity index (χ2n) is 10.9. The number of phenolic OH excluding ortho intramolecular Hbond substituents is 1. The Morgan fingerprint density at radius 1 is 1.23 bits per heavy atom. The predicted molar refractivity (Wildman–Crippen MR) is 113 cm³/mol. The van der Waals surface area contributed by atoms with Gasteiger partial charge in [0.1, 0.15) is 17.1 Å². The number of phenols is 1. The molecule has 7 heteroatoms. The number of rotatable bonds is 1. The molecule has 0 aromatic heterocycles. The van der Waals surface area contributed by atoms with Gasteiger partial charge < -0.3 is 30.1 Å². The van der Waals surface area contributed by atoms with Gasteiger partial charge in [0, 0.05) is 24.5 Å². The number of aromatic hydroxyl groups is 1. The Kier molecular flexibility index (Phi) is 4.32.